The Kier molecular flexibility index (Phi) is 4.75. The lowest BCUT2D eigenvalue weighted by Crippen LogP contribution is -2.38. The molecule has 2 aromatic rings. The molecular formula is C16H21N3O2. The molecule has 1 aromatic heterocycles. The van der Waals surface area contributed by atoms with Gasteiger partial charge in [-0.1, -0.05) is 18.2 Å². The van der Waals surface area contributed by atoms with Crippen LogP contribution in [0.2, 0.25) is 0 Å². The van der Waals surface area contributed by atoms with Gasteiger partial charge in [0.2, 0.25) is 0 Å². The van der Waals surface area contributed by atoms with Gasteiger partial charge in [0.25, 0.3) is 0 Å². The lowest BCUT2D eigenvalue weighted by molar-refractivity contribution is -0.139. The lowest BCUT2D eigenvalue weighted by atomic mass is 10.0. The Hall–Kier alpha value is -2.14. The maximum atomic E-state index is 11.4. The standard InChI is InChI=1S/C16H21N3O2/c1-11-4-5-13(6-12(11)2)7-15(16(20)21)18-9-14-8-17-10-19(14)3/h4-6,8,10,15,18H,7,9H2,1-3H3,(H,20,21). The summed E-state index contributed by atoms with van der Waals surface area (Å²) in [5.74, 6) is -0.838. The Bertz CT molecular complexity index is 634. The summed E-state index contributed by atoms with van der Waals surface area (Å²) in [6.07, 6.45) is 3.91. The zero-order valence-corrected chi connectivity index (χ0v) is 12.6. The summed E-state index contributed by atoms with van der Waals surface area (Å²) in [6.45, 7) is 4.57. The molecule has 112 valence electrons. The Morgan fingerprint density at radius 1 is 1.38 bits per heavy atom. The van der Waals surface area contributed by atoms with Gasteiger partial charge < -0.3 is 9.67 Å². The number of carboxylic acid groups (broad SMARTS) is 1. The number of hydrogen-bond acceptors (Lipinski definition) is 3. The van der Waals surface area contributed by atoms with Crippen molar-refractivity contribution in [3.8, 4) is 0 Å². The highest BCUT2D eigenvalue weighted by molar-refractivity contribution is 5.73. The monoisotopic (exact) mass is 287 g/mol. The molecule has 1 heterocycles. The quantitative estimate of drug-likeness (QED) is 0.850. The third-order valence-electron chi connectivity index (χ3n) is 3.76. The van der Waals surface area contributed by atoms with Gasteiger partial charge >= 0.3 is 5.97 Å². The Labute approximate surface area is 124 Å². The summed E-state index contributed by atoms with van der Waals surface area (Å²) < 4.78 is 1.88. The predicted octanol–water partition coefficient (Wildman–Crippen LogP) is 1.82. The number of carbonyl (C=O) groups is 1. The minimum absolute atomic E-state index is 0.467. The number of hydrogen-bond donors (Lipinski definition) is 2. The average Bonchev–Trinajstić information content (AvgIpc) is 2.84. The van der Waals surface area contributed by atoms with E-state index >= 15 is 0 Å². The Morgan fingerprint density at radius 3 is 2.71 bits per heavy atom. The van der Waals surface area contributed by atoms with Crippen molar-refractivity contribution in [3.05, 3.63) is 53.1 Å². The second-order valence-electron chi connectivity index (χ2n) is 5.39. The third-order valence-corrected chi connectivity index (χ3v) is 3.76. The van der Waals surface area contributed by atoms with E-state index in [-0.39, 0.29) is 0 Å². The fraction of sp³-hybridized carbons (Fsp3) is 0.375. The van der Waals surface area contributed by atoms with Crippen LogP contribution in [-0.2, 0) is 24.8 Å². The van der Waals surface area contributed by atoms with Gasteiger partial charge in [-0.25, -0.2) is 4.98 Å². The van der Waals surface area contributed by atoms with Crippen molar-refractivity contribution in [2.24, 2.45) is 7.05 Å². The Balaban J connectivity index is 2.03. The highest BCUT2D eigenvalue weighted by Crippen LogP contribution is 2.12. The molecule has 0 radical (unpaired) electrons. The summed E-state index contributed by atoms with van der Waals surface area (Å²) in [4.78, 5) is 15.4. The molecular weight excluding hydrogens is 266 g/mol. The lowest BCUT2D eigenvalue weighted by Gasteiger charge is -2.15. The fourth-order valence-corrected chi connectivity index (χ4v) is 2.20. The third kappa shape index (κ3) is 3.92. The molecule has 5 heteroatoms. The number of aryl methyl sites for hydroxylation is 3. The second-order valence-corrected chi connectivity index (χ2v) is 5.39. The number of aromatic nitrogens is 2. The summed E-state index contributed by atoms with van der Waals surface area (Å²) >= 11 is 0. The smallest absolute Gasteiger partial charge is 0.321 e. The largest absolute Gasteiger partial charge is 0.480 e. The molecule has 0 bridgehead atoms. The van der Waals surface area contributed by atoms with Gasteiger partial charge in [-0.3, -0.25) is 10.1 Å². The van der Waals surface area contributed by atoms with Crippen molar-refractivity contribution in [1.82, 2.24) is 14.9 Å². The Morgan fingerprint density at radius 2 is 2.14 bits per heavy atom. The molecule has 0 saturated heterocycles. The molecule has 2 N–H and O–H groups in total. The van der Waals surface area contributed by atoms with Gasteiger partial charge in [0.05, 0.1) is 12.0 Å². The van der Waals surface area contributed by atoms with Crippen molar-refractivity contribution in [2.45, 2.75) is 32.9 Å². The predicted molar refractivity (Wildman–Crippen MR) is 81.1 cm³/mol. The van der Waals surface area contributed by atoms with Crippen molar-refractivity contribution in [3.63, 3.8) is 0 Å². The molecule has 0 amide bonds. The number of benzene rings is 1. The second kappa shape index (κ2) is 6.54. The number of rotatable bonds is 6. The summed E-state index contributed by atoms with van der Waals surface area (Å²) in [5, 5.41) is 12.5. The van der Waals surface area contributed by atoms with E-state index in [1.807, 2.05) is 30.7 Å². The topological polar surface area (TPSA) is 67.2 Å². The van der Waals surface area contributed by atoms with Gasteiger partial charge in [0, 0.05) is 19.8 Å². The average molecular weight is 287 g/mol. The van der Waals surface area contributed by atoms with Crippen molar-refractivity contribution in [1.29, 1.82) is 0 Å². The van der Waals surface area contributed by atoms with E-state index in [1.165, 1.54) is 11.1 Å². The molecule has 2 rings (SSSR count). The molecule has 0 aliphatic rings. The molecule has 0 fully saturated rings. The molecule has 0 aliphatic carbocycles. The van der Waals surface area contributed by atoms with E-state index in [9.17, 15) is 9.90 Å². The first kappa shape index (κ1) is 15.3. The number of nitrogens with one attached hydrogen (secondary N) is 1. The first-order valence-electron chi connectivity index (χ1n) is 6.95. The molecule has 0 saturated carbocycles. The SMILES string of the molecule is Cc1ccc(CC(NCc2cncn2C)C(=O)O)cc1C. The first-order valence-corrected chi connectivity index (χ1v) is 6.95. The molecule has 1 atom stereocenters. The molecule has 0 spiro atoms. The van der Waals surface area contributed by atoms with Crippen LogP contribution in [0.5, 0.6) is 0 Å². The van der Waals surface area contributed by atoms with Gasteiger partial charge in [-0.15, -0.1) is 0 Å². The number of aliphatic carboxylic acids is 1. The summed E-state index contributed by atoms with van der Waals surface area (Å²) in [6, 6.07) is 5.47. The maximum Gasteiger partial charge on any atom is 0.321 e. The van der Waals surface area contributed by atoms with E-state index in [1.54, 1.807) is 12.5 Å². The van der Waals surface area contributed by atoms with Gasteiger partial charge in [-0.2, -0.15) is 0 Å². The van der Waals surface area contributed by atoms with Crippen molar-refractivity contribution in [2.75, 3.05) is 0 Å². The number of nitrogens with zero attached hydrogens (tertiary/aromatic N) is 2. The van der Waals surface area contributed by atoms with Crippen LogP contribution < -0.4 is 5.32 Å². The molecule has 1 unspecified atom stereocenters. The minimum atomic E-state index is -0.838. The van der Waals surface area contributed by atoms with E-state index in [0.29, 0.717) is 13.0 Å². The highest BCUT2D eigenvalue weighted by atomic mass is 16.4. The van der Waals surface area contributed by atoms with Crippen LogP contribution in [0.4, 0.5) is 0 Å². The molecule has 0 aliphatic heterocycles. The van der Waals surface area contributed by atoms with Crippen LogP contribution in [0.15, 0.2) is 30.7 Å². The zero-order chi connectivity index (χ0) is 15.4. The van der Waals surface area contributed by atoms with Crippen molar-refractivity contribution < 1.29 is 9.90 Å². The molecule has 1 aromatic carbocycles. The minimum Gasteiger partial charge on any atom is -0.480 e. The molecule has 21 heavy (non-hydrogen) atoms. The zero-order valence-electron chi connectivity index (χ0n) is 12.6. The van der Waals surface area contributed by atoms with E-state index < -0.39 is 12.0 Å². The normalized spacial score (nSPS) is 12.3. The van der Waals surface area contributed by atoms with Crippen LogP contribution in [0.1, 0.15) is 22.4 Å². The van der Waals surface area contributed by atoms with E-state index in [2.05, 4.69) is 23.3 Å². The summed E-state index contributed by atoms with van der Waals surface area (Å²) in [7, 11) is 1.89. The molecule has 5 nitrogen and oxygen atoms in total. The van der Waals surface area contributed by atoms with Crippen LogP contribution in [0.25, 0.3) is 0 Å². The van der Waals surface area contributed by atoms with Crippen LogP contribution in [0.3, 0.4) is 0 Å². The number of imidazole rings is 1. The first-order chi connectivity index (χ1) is 9.97. The summed E-state index contributed by atoms with van der Waals surface area (Å²) in [5.41, 5.74) is 4.39. The highest BCUT2D eigenvalue weighted by Gasteiger charge is 2.18. The van der Waals surface area contributed by atoms with Crippen molar-refractivity contribution >= 4 is 5.97 Å². The van der Waals surface area contributed by atoms with E-state index in [0.717, 1.165) is 11.3 Å². The fourth-order valence-electron chi connectivity index (χ4n) is 2.20. The van der Waals surface area contributed by atoms with E-state index in [4.69, 9.17) is 0 Å². The van der Waals surface area contributed by atoms with Gasteiger partial charge in [0.1, 0.15) is 6.04 Å². The maximum absolute atomic E-state index is 11.4. The van der Waals surface area contributed by atoms with Gasteiger partial charge in [-0.05, 0) is 37.0 Å². The number of carboxylic acids is 1. The van der Waals surface area contributed by atoms with Crippen LogP contribution >= 0.6 is 0 Å². The van der Waals surface area contributed by atoms with Crippen LogP contribution in [-0.4, -0.2) is 26.7 Å². The van der Waals surface area contributed by atoms with Gasteiger partial charge in [0.15, 0.2) is 0 Å². The van der Waals surface area contributed by atoms with Crippen LogP contribution in [0, 0.1) is 13.8 Å².